The normalized spacial score (nSPS) is 10.9. The van der Waals surface area contributed by atoms with Crippen molar-refractivity contribution in [2.45, 2.75) is 0 Å². The van der Waals surface area contributed by atoms with Gasteiger partial charge in [0.05, 0.1) is 18.5 Å². The van der Waals surface area contributed by atoms with E-state index in [1.54, 1.807) is 0 Å². The summed E-state index contributed by atoms with van der Waals surface area (Å²) in [5.74, 6) is 0. The van der Waals surface area contributed by atoms with Gasteiger partial charge in [0.2, 0.25) is 0 Å². The first-order valence-corrected chi connectivity index (χ1v) is 7.04. The minimum absolute atomic E-state index is 0.139. The second-order valence-electron chi connectivity index (χ2n) is 3.48. The highest BCUT2D eigenvalue weighted by Crippen LogP contribution is 2.59. The lowest BCUT2D eigenvalue weighted by atomic mass is 10.2. The largest absolute Gasteiger partial charge is 0.361 e. The van der Waals surface area contributed by atoms with Crippen LogP contribution in [0.5, 0.6) is 0 Å². The second-order valence-corrected chi connectivity index (χ2v) is 5.53. The van der Waals surface area contributed by atoms with Crippen LogP contribution in [-0.2, 0) is 13.6 Å². The highest BCUT2D eigenvalue weighted by Gasteiger charge is 2.29. The summed E-state index contributed by atoms with van der Waals surface area (Å²) in [7, 11) is -3.40. The molecule has 0 radical (unpaired) electrons. The Hall–Kier alpha value is -1.41. The van der Waals surface area contributed by atoms with Gasteiger partial charge < -0.3 is 9.05 Å². The predicted molar refractivity (Wildman–Crippen MR) is 75.4 cm³/mol. The summed E-state index contributed by atoms with van der Waals surface area (Å²) < 4.78 is 23.1. The molecule has 0 aliphatic heterocycles. The van der Waals surface area contributed by atoms with E-state index < -0.39 is 7.60 Å². The van der Waals surface area contributed by atoms with Gasteiger partial charge in [0, 0.05) is 0 Å². The standard InChI is InChI=1S/C14H17O3P/c1-4-11-16-18(15,17-12-5-2)13(3)14-9-7-6-8-10-14/h4-10H,1-3,11-12H2. The molecule has 4 heteroatoms. The van der Waals surface area contributed by atoms with Gasteiger partial charge in [-0.3, -0.25) is 4.57 Å². The Balaban J connectivity index is 2.95. The van der Waals surface area contributed by atoms with E-state index in [9.17, 15) is 4.57 Å². The van der Waals surface area contributed by atoms with Gasteiger partial charge in [0.15, 0.2) is 0 Å². The molecule has 0 aliphatic carbocycles. The van der Waals surface area contributed by atoms with Crippen molar-refractivity contribution in [3.05, 3.63) is 67.8 Å². The Morgan fingerprint density at radius 2 is 1.61 bits per heavy atom. The Bertz CT molecular complexity index is 449. The monoisotopic (exact) mass is 264 g/mol. The molecule has 0 saturated heterocycles. The molecule has 1 rings (SSSR count). The van der Waals surface area contributed by atoms with Gasteiger partial charge in [-0.15, -0.1) is 13.2 Å². The average Bonchev–Trinajstić information content (AvgIpc) is 2.43. The Kier molecular flexibility index (Phi) is 5.79. The summed E-state index contributed by atoms with van der Waals surface area (Å²) in [6, 6.07) is 9.17. The first-order chi connectivity index (χ1) is 8.64. The van der Waals surface area contributed by atoms with Crippen molar-refractivity contribution in [2.75, 3.05) is 13.2 Å². The van der Waals surface area contributed by atoms with Crippen molar-refractivity contribution in [3.63, 3.8) is 0 Å². The minimum Gasteiger partial charge on any atom is -0.301 e. The third-order valence-electron chi connectivity index (χ3n) is 2.16. The van der Waals surface area contributed by atoms with Crippen LogP contribution in [0.25, 0.3) is 5.31 Å². The molecule has 0 bridgehead atoms. The van der Waals surface area contributed by atoms with Gasteiger partial charge in [-0.25, -0.2) is 0 Å². The highest BCUT2D eigenvalue weighted by atomic mass is 31.2. The van der Waals surface area contributed by atoms with E-state index in [2.05, 4.69) is 19.7 Å². The summed E-state index contributed by atoms with van der Waals surface area (Å²) >= 11 is 0. The van der Waals surface area contributed by atoms with Crippen LogP contribution in [0.4, 0.5) is 0 Å². The van der Waals surface area contributed by atoms with Gasteiger partial charge in [0.1, 0.15) is 0 Å². The van der Waals surface area contributed by atoms with Gasteiger partial charge in [-0.2, -0.15) is 0 Å². The van der Waals surface area contributed by atoms with Crippen LogP contribution in [0.3, 0.4) is 0 Å². The zero-order valence-electron chi connectivity index (χ0n) is 10.2. The SMILES string of the molecule is C=CCOP(=O)(OCC=C)C(=C)c1ccccc1. The Morgan fingerprint density at radius 3 is 2.06 bits per heavy atom. The van der Waals surface area contributed by atoms with E-state index in [-0.39, 0.29) is 13.2 Å². The van der Waals surface area contributed by atoms with Crippen molar-refractivity contribution in [1.82, 2.24) is 0 Å². The molecule has 0 unspecified atom stereocenters. The summed E-state index contributed by atoms with van der Waals surface area (Å²) in [6.07, 6.45) is 3.03. The number of hydrogen-bond acceptors (Lipinski definition) is 3. The Labute approximate surface area is 108 Å². The van der Waals surface area contributed by atoms with Crippen LogP contribution < -0.4 is 0 Å². The van der Waals surface area contributed by atoms with E-state index >= 15 is 0 Å². The van der Waals surface area contributed by atoms with Crippen LogP contribution in [0, 0.1) is 0 Å². The quantitative estimate of drug-likeness (QED) is 0.520. The van der Waals surface area contributed by atoms with Crippen LogP contribution in [-0.4, -0.2) is 13.2 Å². The van der Waals surface area contributed by atoms with Crippen LogP contribution >= 0.6 is 7.60 Å². The van der Waals surface area contributed by atoms with E-state index in [4.69, 9.17) is 9.05 Å². The molecule has 0 N–H and O–H groups in total. The van der Waals surface area contributed by atoms with Gasteiger partial charge in [0.25, 0.3) is 0 Å². The molecule has 0 aliphatic rings. The maximum absolute atomic E-state index is 12.6. The summed E-state index contributed by atoms with van der Waals surface area (Å²) in [6.45, 7) is 11.1. The first-order valence-electron chi connectivity index (χ1n) is 5.50. The number of hydrogen-bond donors (Lipinski definition) is 0. The molecule has 1 aromatic carbocycles. The summed E-state index contributed by atoms with van der Waals surface area (Å²) in [5.41, 5.74) is 0.731. The van der Waals surface area contributed by atoms with Crippen LogP contribution in [0.1, 0.15) is 5.56 Å². The van der Waals surface area contributed by atoms with Crippen LogP contribution in [0.2, 0.25) is 0 Å². The van der Waals surface area contributed by atoms with Crippen molar-refractivity contribution >= 4 is 12.9 Å². The molecule has 0 fully saturated rings. The average molecular weight is 264 g/mol. The lowest BCUT2D eigenvalue weighted by Gasteiger charge is -2.19. The molecular weight excluding hydrogens is 247 g/mol. The van der Waals surface area contributed by atoms with Gasteiger partial charge in [-0.1, -0.05) is 49.1 Å². The topological polar surface area (TPSA) is 35.5 Å². The fraction of sp³-hybridized carbons (Fsp3) is 0.143. The molecule has 0 heterocycles. The molecule has 0 saturated carbocycles. The van der Waals surface area contributed by atoms with Crippen LogP contribution in [0.15, 0.2) is 62.2 Å². The molecule has 96 valence electrons. The van der Waals surface area contributed by atoms with E-state index in [0.717, 1.165) is 5.56 Å². The van der Waals surface area contributed by atoms with Crippen molar-refractivity contribution < 1.29 is 13.6 Å². The third-order valence-corrected chi connectivity index (χ3v) is 4.06. The zero-order chi connectivity index (χ0) is 13.4. The molecule has 18 heavy (non-hydrogen) atoms. The Morgan fingerprint density at radius 1 is 1.11 bits per heavy atom. The predicted octanol–water partition coefficient (Wildman–Crippen LogP) is 4.26. The van der Waals surface area contributed by atoms with E-state index in [1.165, 1.54) is 12.2 Å². The van der Waals surface area contributed by atoms with Crippen molar-refractivity contribution in [2.24, 2.45) is 0 Å². The molecule has 0 aromatic heterocycles. The lowest BCUT2D eigenvalue weighted by Crippen LogP contribution is -1.98. The lowest BCUT2D eigenvalue weighted by molar-refractivity contribution is 0.248. The summed E-state index contributed by atoms with van der Waals surface area (Å²) in [4.78, 5) is 0. The molecule has 0 spiro atoms. The highest BCUT2D eigenvalue weighted by molar-refractivity contribution is 7.65. The second kappa shape index (κ2) is 7.12. The fourth-order valence-electron chi connectivity index (χ4n) is 1.28. The van der Waals surface area contributed by atoms with Gasteiger partial charge in [-0.05, 0) is 5.56 Å². The maximum Gasteiger partial charge on any atom is 0.361 e. The van der Waals surface area contributed by atoms with E-state index in [1.807, 2.05) is 30.3 Å². The van der Waals surface area contributed by atoms with Crippen molar-refractivity contribution in [1.29, 1.82) is 0 Å². The first kappa shape index (κ1) is 14.7. The summed E-state index contributed by atoms with van der Waals surface area (Å²) in [5, 5.41) is 0.340. The molecular formula is C14H17O3P. The third kappa shape index (κ3) is 3.81. The number of rotatable bonds is 8. The zero-order valence-corrected chi connectivity index (χ0v) is 11.1. The number of benzene rings is 1. The van der Waals surface area contributed by atoms with Crippen molar-refractivity contribution in [3.8, 4) is 0 Å². The molecule has 3 nitrogen and oxygen atoms in total. The van der Waals surface area contributed by atoms with Gasteiger partial charge >= 0.3 is 7.60 Å². The van der Waals surface area contributed by atoms with E-state index in [0.29, 0.717) is 5.31 Å². The fourth-order valence-corrected chi connectivity index (χ4v) is 2.74. The smallest absolute Gasteiger partial charge is 0.301 e. The molecule has 0 atom stereocenters. The maximum atomic E-state index is 12.6. The minimum atomic E-state index is -3.40. The molecule has 1 aromatic rings. The molecule has 0 amide bonds.